The van der Waals surface area contributed by atoms with Crippen LogP contribution in [0.4, 0.5) is 18.9 Å². The minimum atomic E-state index is -4.53. The zero-order chi connectivity index (χ0) is 19.9. The summed E-state index contributed by atoms with van der Waals surface area (Å²) < 4.78 is 47.4. The van der Waals surface area contributed by atoms with Crippen LogP contribution in [0.3, 0.4) is 0 Å². The van der Waals surface area contributed by atoms with Gasteiger partial charge in [-0.25, -0.2) is 4.79 Å². The number of hydrogen-bond donors (Lipinski definition) is 1. The van der Waals surface area contributed by atoms with E-state index in [1.54, 1.807) is 12.1 Å². The molecule has 0 radical (unpaired) electrons. The quantitative estimate of drug-likeness (QED) is 0.780. The SMILES string of the molecule is N#Cc1ccccc1NC(=O)COC(=O)COc1cccc(C(F)(F)F)c1. The molecule has 27 heavy (non-hydrogen) atoms. The lowest BCUT2D eigenvalue weighted by Gasteiger charge is -2.10. The number of nitrogens with one attached hydrogen (secondary N) is 1. The van der Waals surface area contributed by atoms with Crippen molar-refractivity contribution in [1.29, 1.82) is 5.26 Å². The van der Waals surface area contributed by atoms with Gasteiger partial charge < -0.3 is 14.8 Å². The van der Waals surface area contributed by atoms with Gasteiger partial charge in [0.25, 0.3) is 5.91 Å². The maximum Gasteiger partial charge on any atom is 0.416 e. The van der Waals surface area contributed by atoms with Gasteiger partial charge in [-0.05, 0) is 30.3 Å². The van der Waals surface area contributed by atoms with E-state index >= 15 is 0 Å². The fourth-order valence-electron chi connectivity index (χ4n) is 1.97. The van der Waals surface area contributed by atoms with Gasteiger partial charge in [0.15, 0.2) is 13.2 Å². The van der Waals surface area contributed by atoms with Crippen molar-refractivity contribution < 1.29 is 32.2 Å². The van der Waals surface area contributed by atoms with Crippen molar-refractivity contribution in [1.82, 2.24) is 0 Å². The minimum absolute atomic E-state index is 0.158. The Labute approximate surface area is 152 Å². The van der Waals surface area contributed by atoms with Gasteiger partial charge in [-0.3, -0.25) is 4.79 Å². The van der Waals surface area contributed by atoms with Gasteiger partial charge in [0.05, 0.1) is 16.8 Å². The Morgan fingerprint density at radius 1 is 1.07 bits per heavy atom. The molecule has 2 rings (SSSR count). The van der Waals surface area contributed by atoms with Crippen molar-refractivity contribution >= 4 is 17.6 Å². The second-order valence-corrected chi connectivity index (χ2v) is 5.18. The molecular formula is C18H13F3N2O4. The molecule has 1 amide bonds. The zero-order valence-electron chi connectivity index (χ0n) is 13.7. The van der Waals surface area contributed by atoms with Crippen molar-refractivity contribution in [3.05, 3.63) is 59.7 Å². The lowest BCUT2D eigenvalue weighted by molar-refractivity contribution is -0.149. The Bertz CT molecular complexity index is 875. The first-order valence-electron chi connectivity index (χ1n) is 7.54. The normalized spacial score (nSPS) is 10.6. The monoisotopic (exact) mass is 378 g/mol. The number of nitriles is 1. The highest BCUT2D eigenvalue weighted by Gasteiger charge is 2.30. The number of benzene rings is 2. The molecule has 2 aromatic rings. The van der Waals surface area contributed by atoms with Gasteiger partial charge >= 0.3 is 12.1 Å². The second-order valence-electron chi connectivity index (χ2n) is 5.18. The van der Waals surface area contributed by atoms with Crippen LogP contribution >= 0.6 is 0 Å². The minimum Gasteiger partial charge on any atom is -0.482 e. The number of para-hydroxylation sites is 1. The molecule has 0 atom stereocenters. The molecule has 0 aliphatic rings. The van der Waals surface area contributed by atoms with Crippen LogP contribution < -0.4 is 10.1 Å². The van der Waals surface area contributed by atoms with E-state index in [0.29, 0.717) is 0 Å². The van der Waals surface area contributed by atoms with Crippen molar-refractivity contribution in [2.45, 2.75) is 6.18 Å². The number of ether oxygens (including phenoxy) is 2. The predicted octanol–water partition coefficient (Wildman–Crippen LogP) is 3.14. The molecule has 0 aliphatic heterocycles. The summed E-state index contributed by atoms with van der Waals surface area (Å²) in [4.78, 5) is 23.3. The standard InChI is InChI=1S/C18H13F3N2O4/c19-18(20,21)13-5-3-6-14(8-13)26-11-17(25)27-10-16(24)23-15-7-2-1-4-12(15)9-22/h1-8H,10-11H2,(H,23,24). The van der Waals surface area contributed by atoms with Gasteiger partial charge in [-0.1, -0.05) is 18.2 Å². The summed E-state index contributed by atoms with van der Waals surface area (Å²) in [6, 6.07) is 12.2. The molecule has 0 spiro atoms. The van der Waals surface area contributed by atoms with Gasteiger partial charge in [-0.2, -0.15) is 18.4 Å². The molecule has 0 unspecified atom stereocenters. The molecule has 0 fully saturated rings. The van der Waals surface area contributed by atoms with Crippen LogP contribution in [0.1, 0.15) is 11.1 Å². The van der Waals surface area contributed by atoms with Crippen LogP contribution in [0.25, 0.3) is 0 Å². The molecule has 6 nitrogen and oxygen atoms in total. The Morgan fingerprint density at radius 3 is 2.52 bits per heavy atom. The van der Waals surface area contributed by atoms with Crippen LogP contribution in [-0.2, 0) is 20.5 Å². The highest BCUT2D eigenvalue weighted by molar-refractivity contribution is 5.94. The summed E-state index contributed by atoms with van der Waals surface area (Å²) in [6.07, 6.45) is -4.53. The van der Waals surface area contributed by atoms with E-state index in [1.165, 1.54) is 18.2 Å². The summed E-state index contributed by atoms with van der Waals surface area (Å²) in [5.41, 5.74) is -0.407. The van der Waals surface area contributed by atoms with Crippen molar-refractivity contribution in [3.8, 4) is 11.8 Å². The second kappa shape index (κ2) is 8.71. The summed E-state index contributed by atoms with van der Waals surface area (Å²) in [6.45, 7) is -1.30. The van der Waals surface area contributed by atoms with Crippen LogP contribution in [-0.4, -0.2) is 25.1 Å². The van der Waals surface area contributed by atoms with Crippen LogP contribution in [0.15, 0.2) is 48.5 Å². The van der Waals surface area contributed by atoms with E-state index in [2.05, 4.69) is 10.1 Å². The Balaban J connectivity index is 1.81. The Kier molecular flexibility index (Phi) is 6.38. The maximum atomic E-state index is 12.6. The molecule has 0 aromatic heterocycles. The van der Waals surface area contributed by atoms with E-state index < -0.39 is 36.8 Å². The third-order valence-corrected chi connectivity index (χ3v) is 3.20. The van der Waals surface area contributed by atoms with Crippen molar-refractivity contribution in [3.63, 3.8) is 0 Å². The molecule has 2 aromatic carbocycles. The van der Waals surface area contributed by atoms with E-state index in [0.717, 1.165) is 18.2 Å². The van der Waals surface area contributed by atoms with Gasteiger partial charge in [-0.15, -0.1) is 0 Å². The Morgan fingerprint density at radius 2 is 1.81 bits per heavy atom. The number of anilines is 1. The molecule has 9 heteroatoms. The van der Waals surface area contributed by atoms with E-state index in [1.807, 2.05) is 6.07 Å². The summed E-state index contributed by atoms with van der Waals surface area (Å²) in [5.74, 6) is -1.77. The topological polar surface area (TPSA) is 88.4 Å². The molecule has 0 bridgehead atoms. The van der Waals surface area contributed by atoms with Gasteiger partial charge in [0.2, 0.25) is 0 Å². The van der Waals surface area contributed by atoms with Crippen LogP contribution in [0.5, 0.6) is 5.75 Å². The largest absolute Gasteiger partial charge is 0.482 e. The maximum absolute atomic E-state index is 12.6. The lowest BCUT2D eigenvalue weighted by Crippen LogP contribution is -2.24. The molecular weight excluding hydrogens is 365 g/mol. The average molecular weight is 378 g/mol. The number of hydrogen-bond acceptors (Lipinski definition) is 5. The number of carbonyl (C=O) groups is 2. The van der Waals surface area contributed by atoms with E-state index in [-0.39, 0.29) is 17.0 Å². The number of rotatable bonds is 6. The van der Waals surface area contributed by atoms with Crippen molar-refractivity contribution in [2.75, 3.05) is 18.5 Å². The summed E-state index contributed by atoms with van der Waals surface area (Å²) in [5, 5.41) is 11.3. The van der Waals surface area contributed by atoms with E-state index in [9.17, 15) is 22.8 Å². The fraction of sp³-hybridized carbons (Fsp3) is 0.167. The molecule has 1 N–H and O–H groups in total. The number of halogens is 3. The highest BCUT2D eigenvalue weighted by atomic mass is 19.4. The number of alkyl halides is 3. The van der Waals surface area contributed by atoms with Gasteiger partial charge in [0.1, 0.15) is 11.8 Å². The molecule has 0 heterocycles. The smallest absolute Gasteiger partial charge is 0.416 e. The number of esters is 1. The summed E-state index contributed by atoms with van der Waals surface area (Å²) in [7, 11) is 0. The lowest BCUT2D eigenvalue weighted by atomic mass is 10.2. The average Bonchev–Trinajstić information content (AvgIpc) is 2.64. The molecule has 0 saturated heterocycles. The van der Waals surface area contributed by atoms with Gasteiger partial charge in [0, 0.05) is 0 Å². The third kappa shape index (κ3) is 6.04. The Hall–Kier alpha value is -3.54. The highest BCUT2D eigenvalue weighted by Crippen LogP contribution is 2.31. The van der Waals surface area contributed by atoms with Crippen LogP contribution in [0.2, 0.25) is 0 Å². The first kappa shape index (κ1) is 19.8. The van der Waals surface area contributed by atoms with Crippen LogP contribution in [0, 0.1) is 11.3 Å². The number of carbonyl (C=O) groups excluding carboxylic acids is 2. The number of nitrogens with zero attached hydrogens (tertiary/aromatic N) is 1. The van der Waals surface area contributed by atoms with E-state index in [4.69, 9.17) is 10.00 Å². The number of amides is 1. The first-order valence-corrected chi connectivity index (χ1v) is 7.54. The predicted molar refractivity (Wildman–Crippen MR) is 87.7 cm³/mol. The molecule has 0 aliphatic carbocycles. The van der Waals surface area contributed by atoms with Crippen molar-refractivity contribution in [2.24, 2.45) is 0 Å². The zero-order valence-corrected chi connectivity index (χ0v) is 13.7. The molecule has 140 valence electrons. The molecule has 0 saturated carbocycles. The first-order chi connectivity index (χ1) is 12.8. The fourth-order valence-corrected chi connectivity index (χ4v) is 1.97. The third-order valence-electron chi connectivity index (χ3n) is 3.20. The summed E-state index contributed by atoms with van der Waals surface area (Å²) >= 11 is 0.